The number of benzene rings is 1. The number of carbonyl (C=O) groups is 1. The monoisotopic (exact) mass is 297 g/mol. The molecule has 1 unspecified atom stereocenters. The second-order valence-corrected chi connectivity index (χ2v) is 4.35. The fraction of sp³-hybridized carbons (Fsp3) is 0.533. The predicted molar refractivity (Wildman–Crippen MR) is 79.1 cm³/mol. The minimum atomic E-state index is -0.283. The zero-order valence-corrected chi connectivity index (χ0v) is 13.2. The van der Waals surface area contributed by atoms with E-state index in [2.05, 4.69) is 5.32 Å². The van der Waals surface area contributed by atoms with Gasteiger partial charge in [0.1, 0.15) is 0 Å². The molecule has 0 aliphatic rings. The molecule has 6 nitrogen and oxygen atoms in total. The van der Waals surface area contributed by atoms with Gasteiger partial charge < -0.3 is 24.3 Å². The van der Waals surface area contributed by atoms with Crippen molar-refractivity contribution in [3.05, 3.63) is 17.7 Å². The van der Waals surface area contributed by atoms with Gasteiger partial charge in [0.15, 0.2) is 11.5 Å². The van der Waals surface area contributed by atoms with Crippen LogP contribution in [0.25, 0.3) is 0 Å². The largest absolute Gasteiger partial charge is 0.493 e. The van der Waals surface area contributed by atoms with Gasteiger partial charge in [0.05, 0.1) is 34.9 Å². The number of carbonyl (C=O) groups excluding carboxylic acids is 1. The number of esters is 1. The first-order chi connectivity index (χ1) is 10.1. The van der Waals surface area contributed by atoms with Gasteiger partial charge in [-0.1, -0.05) is 6.92 Å². The maximum atomic E-state index is 11.6. The normalized spacial score (nSPS) is 11.7. The number of hydrogen-bond acceptors (Lipinski definition) is 6. The van der Waals surface area contributed by atoms with Crippen molar-refractivity contribution in [2.75, 3.05) is 35.0 Å². The van der Waals surface area contributed by atoms with E-state index in [1.807, 2.05) is 19.1 Å². The van der Waals surface area contributed by atoms with Crippen molar-refractivity contribution in [2.45, 2.75) is 19.4 Å². The zero-order valence-electron chi connectivity index (χ0n) is 13.2. The summed E-state index contributed by atoms with van der Waals surface area (Å²) in [7, 11) is 6.05. The average Bonchev–Trinajstić information content (AvgIpc) is 2.52. The number of rotatable bonds is 8. The van der Waals surface area contributed by atoms with E-state index in [1.165, 1.54) is 7.11 Å². The molecular formula is C15H23NO5. The molecule has 1 rings (SSSR count). The summed E-state index contributed by atoms with van der Waals surface area (Å²) < 4.78 is 20.7. The topological polar surface area (TPSA) is 66.0 Å². The van der Waals surface area contributed by atoms with Crippen LogP contribution in [0.5, 0.6) is 17.2 Å². The summed E-state index contributed by atoms with van der Waals surface area (Å²) in [6, 6.07) is 3.48. The summed E-state index contributed by atoms with van der Waals surface area (Å²) >= 11 is 0. The van der Waals surface area contributed by atoms with Gasteiger partial charge in [-0.25, -0.2) is 0 Å². The van der Waals surface area contributed by atoms with Gasteiger partial charge in [-0.3, -0.25) is 4.79 Å². The van der Waals surface area contributed by atoms with Crippen LogP contribution >= 0.6 is 0 Å². The van der Waals surface area contributed by atoms with Crippen LogP contribution in [-0.4, -0.2) is 41.0 Å². The average molecular weight is 297 g/mol. The third-order valence-corrected chi connectivity index (χ3v) is 3.14. The van der Waals surface area contributed by atoms with Crippen LogP contribution in [-0.2, 0) is 9.53 Å². The second kappa shape index (κ2) is 8.36. The summed E-state index contributed by atoms with van der Waals surface area (Å²) in [5, 5.41) is 3.25. The third-order valence-electron chi connectivity index (χ3n) is 3.14. The molecule has 0 spiro atoms. The Labute approximate surface area is 125 Å². The first-order valence-electron chi connectivity index (χ1n) is 6.71. The van der Waals surface area contributed by atoms with Crippen LogP contribution in [0, 0.1) is 0 Å². The Morgan fingerprint density at radius 2 is 1.67 bits per heavy atom. The maximum Gasteiger partial charge on any atom is 0.307 e. The highest BCUT2D eigenvalue weighted by Crippen LogP contribution is 2.40. The Balaban J connectivity index is 3.21. The fourth-order valence-corrected chi connectivity index (χ4v) is 2.11. The van der Waals surface area contributed by atoms with Crippen LogP contribution in [0.1, 0.15) is 24.9 Å². The maximum absolute atomic E-state index is 11.6. The van der Waals surface area contributed by atoms with Gasteiger partial charge in [-0.05, 0) is 24.2 Å². The van der Waals surface area contributed by atoms with Crippen LogP contribution in [0.3, 0.4) is 0 Å². The molecule has 0 saturated heterocycles. The van der Waals surface area contributed by atoms with Crippen molar-refractivity contribution in [1.29, 1.82) is 0 Å². The molecule has 0 aromatic heterocycles. The van der Waals surface area contributed by atoms with Crippen LogP contribution in [0.15, 0.2) is 12.1 Å². The van der Waals surface area contributed by atoms with E-state index < -0.39 is 0 Å². The Kier molecular flexibility index (Phi) is 6.81. The van der Waals surface area contributed by atoms with E-state index in [9.17, 15) is 4.79 Å². The van der Waals surface area contributed by atoms with E-state index in [0.29, 0.717) is 17.2 Å². The molecule has 1 N–H and O–H groups in total. The Bertz CT molecular complexity index is 450. The predicted octanol–water partition coefficient (Wildman–Crippen LogP) is 1.93. The zero-order chi connectivity index (χ0) is 15.8. The molecule has 1 aromatic carbocycles. The SMILES string of the molecule is CCNC(CC(=O)OC)c1cc(OC)c(OC)c(OC)c1. The molecule has 1 aromatic rings. The van der Waals surface area contributed by atoms with Crippen molar-refractivity contribution in [3.63, 3.8) is 0 Å². The lowest BCUT2D eigenvalue weighted by molar-refractivity contribution is -0.141. The van der Waals surface area contributed by atoms with Crippen molar-refractivity contribution >= 4 is 5.97 Å². The van der Waals surface area contributed by atoms with Crippen LogP contribution in [0.2, 0.25) is 0 Å². The number of nitrogens with one attached hydrogen (secondary N) is 1. The summed E-state index contributed by atoms with van der Waals surface area (Å²) in [6.45, 7) is 2.70. The first-order valence-corrected chi connectivity index (χ1v) is 6.71. The molecule has 21 heavy (non-hydrogen) atoms. The van der Waals surface area contributed by atoms with Gasteiger partial charge in [0.25, 0.3) is 0 Å². The third kappa shape index (κ3) is 4.26. The quantitative estimate of drug-likeness (QED) is 0.740. The Hall–Kier alpha value is -1.95. The van der Waals surface area contributed by atoms with Gasteiger partial charge in [0, 0.05) is 6.04 Å². The smallest absolute Gasteiger partial charge is 0.307 e. The van der Waals surface area contributed by atoms with E-state index in [0.717, 1.165) is 12.1 Å². The highest BCUT2D eigenvalue weighted by atomic mass is 16.5. The van der Waals surface area contributed by atoms with Crippen molar-refractivity contribution in [1.82, 2.24) is 5.32 Å². The fourth-order valence-electron chi connectivity index (χ4n) is 2.11. The van der Waals surface area contributed by atoms with Gasteiger partial charge in [-0.15, -0.1) is 0 Å². The lowest BCUT2D eigenvalue weighted by Gasteiger charge is -2.20. The lowest BCUT2D eigenvalue weighted by Crippen LogP contribution is -2.24. The highest BCUT2D eigenvalue weighted by molar-refractivity contribution is 5.70. The molecular weight excluding hydrogens is 274 g/mol. The molecule has 1 atom stereocenters. The molecule has 118 valence electrons. The summed E-state index contributed by atoms with van der Waals surface area (Å²) in [6.07, 6.45) is 0.225. The Morgan fingerprint density at radius 3 is 2.05 bits per heavy atom. The highest BCUT2D eigenvalue weighted by Gasteiger charge is 2.20. The molecule has 0 aliphatic heterocycles. The lowest BCUT2D eigenvalue weighted by atomic mass is 10.0. The van der Waals surface area contributed by atoms with E-state index in [4.69, 9.17) is 18.9 Å². The summed E-state index contributed by atoms with van der Waals surface area (Å²) in [4.78, 5) is 11.6. The molecule has 6 heteroatoms. The summed E-state index contributed by atoms with van der Waals surface area (Å²) in [5.41, 5.74) is 0.872. The van der Waals surface area contributed by atoms with Gasteiger partial charge in [-0.2, -0.15) is 0 Å². The molecule has 0 radical (unpaired) electrons. The number of ether oxygens (including phenoxy) is 4. The van der Waals surface area contributed by atoms with Crippen LogP contribution in [0.4, 0.5) is 0 Å². The molecule has 0 aliphatic carbocycles. The van der Waals surface area contributed by atoms with Gasteiger partial charge in [0.2, 0.25) is 5.75 Å². The Morgan fingerprint density at radius 1 is 1.10 bits per heavy atom. The molecule has 0 fully saturated rings. The minimum Gasteiger partial charge on any atom is -0.493 e. The molecule has 0 saturated carbocycles. The van der Waals surface area contributed by atoms with E-state index >= 15 is 0 Å². The second-order valence-electron chi connectivity index (χ2n) is 4.35. The van der Waals surface area contributed by atoms with Gasteiger partial charge >= 0.3 is 5.97 Å². The summed E-state index contributed by atoms with van der Waals surface area (Å²) in [5.74, 6) is 1.35. The first kappa shape index (κ1) is 17.1. The van der Waals surface area contributed by atoms with E-state index in [-0.39, 0.29) is 18.4 Å². The molecule has 0 amide bonds. The standard InChI is InChI=1S/C15H23NO5/c1-6-16-11(9-14(17)20-4)10-7-12(18-2)15(21-5)13(8-10)19-3/h7-8,11,16H,6,9H2,1-5H3. The molecule has 0 heterocycles. The van der Waals surface area contributed by atoms with Crippen molar-refractivity contribution in [2.24, 2.45) is 0 Å². The minimum absolute atomic E-state index is 0.184. The number of hydrogen-bond donors (Lipinski definition) is 1. The van der Waals surface area contributed by atoms with Crippen molar-refractivity contribution < 1.29 is 23.7 Å². The molecule has 0 bridgehead atoms. The van der Waals surface area contributed by atoms with Crippen LogP contribution < -0.4 is 19.5 Å². The van der Waals surface area contributed by atoms with Crippen molar-refractivity contribution in [3.8, 4) is 17.2 Å². The number of methoxy groups -OCH3 is 4. The van der Waals surface area contributed by atoms with E-state index in [1.54, 1.807) is 21.3 Å².